The molecule has 0 saturated carbocycles. The van der Waals surface area contributed by atoms with Crippen molar-refractivity contribution < 1.29 is 19.1 Å². The van der Waals surface area contributed by atoms with Crippen molar-refractivity contribution in [1.82, 2.24) is 19.4 Å². The number of nitrogens with one attached hydrogen (secondary N) is 1. The van der Waals surface area contributed by atoms with Crippen molar-refractivity contribution in [3.8, 4) is 0 Å². The van der Waals surface area contributed by atoms with Gasteiger partial charge >= 0.3 is 11.7 Å². The second kappa shape index (κ2) is 10.0. The van der Waals surface area contributed by atoms with Gasteiger partial charge in [0.2, 0.25) is 5.91 Å². The Morgan fingerprint density at radius 2 is 1.79 bits per heavy atom. The first-order valence-electron chi connectivity index (χ1n) is 8.76. The van der Waals surface area contributed by atoms with Crippen LogP contribution in [0.2, 0.25) is 0 Å². The average molecular weight is 402 g/mol. The Labute approximate surface area is 166 Å². The highest BCUT2D eigenvalue weighted by molar-refractivity contribution is 5.86. The molecular formula is C19H22N4O6. The first-order chi connectivity index (χ1) is 13.8. The van der Waals surface area contributed by atoms with Gasteiger partial charge in [0.05, 0.1) is 13.1 Å². The molecule has 1 aromatic heterocycles. The third-order valence-corrected chi connectivity index (χ3v) is 4.06. The number of hydrogen-bond acceptors (Lipinski definition) is 6. The van der Waals surface area contributed by atoms with Gasteiger partial charge in [-0.05, 0) is 5.56 Å². The van der Waals surface area contributed by atoms with Crippen molar-refractivity contribution in [2.45, 2.75) is 13.1 Å². The van der Waals surface area contributed by atoms with E-state index in [1.54, 1.807) is 0 Å². The molecule has 10 heteroatoms. The number of esters is 1. The standard InChI is InChI=1S/C19H22N4O6/c1-20-15(24)11-21(2)17(26)13-29-18(27)12-23-16(25)8-9-22(19(23)28)10-14-6-4-3-5-7-14/h3-9H,10-13H2,1-2H3,(H,20,24). The first kappa shape index (κ1) is 21.6. The molecule has 0 spiro atoms. The molecule has 0 aliphatic rings. The maximum Gasteiger partial charge on any atom is 0.331 e. The number of rotatable bonds is 8. The fraction of sp³-hybridized carbons (Fsp3) is 0.316. The summed E-state index contributed by atoms with van der Waals surface area (Å²) >= 11 is 0. The molecule has 10 nitrogen and oxygen atoms in total. The van der Waals surface area contributed by atoms with Crippen LogP contribution in [-0.4, -0.2) is 59.1 Å². The summed E-state index contributed by atoms with van der Waals surface area (Å²) < 4.78 is 6.88. The summed E-state index contributed by atoms with van der Waals surface area (Å²) in [5.74, 6) is -1.88. The zero-order valence-electron chi connectivity index (χ0n) is 16.2. The van der Waals surface area contributed by atoms with Crippen LogP contribution in [0.15, 0.2) is 52.2 Å². The van der Waals surface area contributed by atoms with E-state index >= 15 is 0 Å². The minimum Gasteiger partial charge on any atom is -0.454 e. The SMILES string of the molecule is CNC(=O)CN(C)C(=O)COC(=O)Cn1c(=O)ccn(Cc2ccccc2)c1=O. The zero-order valence-corrected chi connectivity index (χ0v) is 16.2. The molecule has 0 atom stereocenters. The Morgan fingerprint density at radius 1 is 1.10 bits per heavy atom. The topological polar surface area (TPSA) is 120 Å². The third kappa shape index (κ3) is 6.16. The molecule has 1 N–H and O–H groups in total. The molecule has 2 amide bonds. The molecule has 29 heavy (non-hydrogen) atoms. The number of benzene rings is 1. The fourth-order valence-electron chi connectivity index (χ4n) is 2.41. The van der Waals surface area contributed by atoms with Crippen LogP contribution in [0.3, 0.4) is 0 Å². The number of carbonyl (C=O) groups is 3. The predicted octanol–water partition coefficient (Wildman–Crippen LogP) is -1.19. The molecule has 154 valence electrons. The Balaban J connectivity index is 2.02. The third-order valence-electron chi connectivity index (χ3n) is 4.06. The van der Waals surface area contributed by atoms with Gasteiger partial charge in [0.1, 0.15) is 6.54 Å². The van der Waals surface area contributed by atoms with E-state index in [1.807, 2.05) is 30.3 Å². The number of amides is 2. The summed E-state index contributed by atoms with van der Waals surface area (Å²) in [5, 5.41) is 2.37. The average Bonchev–Trinajstić information content (AvgIpc) is 2.72. The Morgan fingerprint density at radius 3 is 2.45 bits per heavy atom. The van der Waals surface area contributed by atoms with Crippen LogP contribution in [0, 0.1) is 0 Å². The fourth-order valence-corrected chi connectivity index (χ4v) is 2.41. The molecule has 0 aliphatic heterocycles. The number of aromatic nitrogens is 2. The molecule has 0 aliphatic carbocycles. The number of nitrogens with zero attached hydrogens (tertiary/aromatic N) is 3. The molecule has 0 saturated heterocycles. The van der Waals surface area contributed by atoms with Gasteiger partial charge in [-0.15, -0.1) is 0 Å². The van der Waals surface area contributed by atoms with E-state index in [1.165, 1.54) is 30.9 Å². The highest BCUT2D eigenvalue weighted by atomic mass is 16.5. The van der Waals surface area contributed by atoms with Gasteiger partial charge in [-0.2, -0.15) is 0 Å². The second-order valence-corrected chi connectivity index (χ2v) is 6.22. The molecule has 1 aromatic carbocycles. The maximum absolute atomic E-state index is 12.5. The van der Waals surface area contributed by atoms with Gasteiger partial charge in [0.15, 0.2) is 6.61 Å². The van der Waals surface area contributed by atoms with Crippen molar-refractivity contribution in [3.63, 3.8) is 0 Å². The summed E-state index contributed by atoms with van der Waals surface area (Å²) in [6.45, 7) is -1.18. The van der Waals surface area contributed by atoms with Gasteiger partial charge < -0.3 is 15.0 Å². The Kier molecular flexibility index (Phi) is 7.47. The van der Waals surface area contributed by atoms with Gasteiger partial charge in [-0.1, -0.05) is 30.3 Å². The van der Waals surface area contributed by atoms with Crippen LogP contribution in [0.1, 0.15) is 5.56 Å². The molecule has 0 unspecified atom stereocenters. The summed E-state index contributed by atoms with van der Waals surface area (Å²) in [5.41, 5.74) is -0.465. The monoisotopic (exact) mass is 402 g/mol. The van der Waals surface area contributed by atoms with Gasteiger partial charge in [-0.25, -0.2) is 9.36 Å². The summed E-state index contributed by atoms with van der Waals surface area (Å²) in [7, 11) is 2.82. The molecule has 0 fully saturated rings. The lowest BCUT2D eigenvalue weighted by Gasteiger charge is -2.16. The molecule has 0 bridgehead atoms. The Bertz CT molecular complexity index is 996. The summed E-state index contributed by atoms with van der Waals surface area (Å²) in [6, 6.07) is 10.3. The van der Waals surface area contributed by atoms with Gasteiger partial charge in [0.25, 0.3) is 11.5 Å². The van der Waals surface area contributed by atoms with Crippen LogP contribution in [-0.2, 0) is 32.2 Å². The van der Waals surface area contributed by atoms with Crippen molar-refractivity contribution in [2.24, 2.45) is 0 Å². The van der Waals surface area contributed by atoms with E-state index < -0.39 is 36.3 Å². The lowest BCUT2D eigenvalue weighted by molar-refractivity contribution is -0.152. The minimum atomic E-state index is -0.914. The van der Waals surface area contributed by atoms with Crippen molar-refractivity contribution in [2.75, 3.05) is 27.2 Å². The summed E-state index contributed by atoms with van der Waals surface area (Å²) in [6.07, 6.45) is 1.36. The van der Waals surface area contributed by atoms with Crippen molar-refractivity contribution in [1.29, 1.82) is 0 Å². The minimum absolute atomic E-state index is 0.185. The number of ether oxygens (including phenoxy) is 1. The molecule has 2 rings (SSSR count). The molecule has 1 heterocycles. The molecule has 0 radical (unpaired) electrons. The van der Waals surface area contributed by atoms with Crippen LogP contribution in [0.25, 0.3) is 0 Å². The van der Waals surface area contributed by atoms with Crippen molar-refractivity contribution in [3.05, 3.63) is 69.0 Å². The van der Waals surface area contributed by atoms with E-state index in [-0.39, 0.29) is 19.0 Å². The molecule has 2 aromatic rings. The Hall–Kier alpha value is -3.69. The smallest absolute Gasteiger partial charge is 0.331 e. The van der Waals surface area contributed by atoms with Crippen LogP contribution >= 0.6 is 0 Å². The van der Waals surface area contributed by atoms with Gasteiger partial charge in [0, 0.05) is 26.4 Å². The highest BCUT2D eigenvalue weighted by Crippen LogP contribution is 1.99. The first-order valence-corrected chi connectivity index (χ1v) is 8.76. The van der Waals surface area contributed by atoms with E-state index in [9.17, 15) is 24.0 Å². The maximum atomic E-state index is 12.5. The van der Waals surface area contributed by atoms with Gasteiger partial charge in [-0.3, -0.25) is 23.7 Å². The summed E-state index contributed by atoms with van der Waals surface area (Å²) in [4.78, 5) is 60.8. The lowest BCUT2D eigenvalue weighted by atomic mass is 10.2. The van der Waals surface area contributed by atoms with E-state index in [0.29, 0.717) is 0 Å². The van der Waals surface area contributed by atoms with E-state index in [4.69, 9.17) is 4.74 Å². The van der Waals surface area contributed by atoms with Crippen LogP contribution < -0.4 is 16.6 Å². The van der Waals surface area contributed by atoms with Crippen molar-refractivity contribution >= 4 is 17.8 Å². The largest absolute Gasteiger partial charge is 0.454 e. The predicted molar refractivity (Wildman–Crippen MR) is 103 cm³/mol. The quantitative estimate of drug-likeness (QED) is 0.554. The highest BCUT2D eigenvalue weighted by Gasteiger charge is 2.16. The lowest BCUT2D eigenvalue weighted by Crippen LogP contribution is -2.42. The van der Waals surface area contributed by atoms with E-state index in [0.717, 1.165) is 15.0 Å². The zero-order chi connectivity index (χ0) is 21.4. The number of hydrogen-bond donors (Lipinski definition) is 1. The van der Waals surface area contributed by atoms with Crippen LogP contribution in [0.5, 0.6) is 0 Å². The number of carbonyl (C=O) groups excluding carboxylic acids is 3. The molecular weight excluding hydrogens is 380 g/mol. The van der Waals surface area contributed by atoms with Crippen LogP contribution in [0.4, 0.5) is 0 Å². The van der Waals surface area contributed by atoms with E-state index in [2.05, 4.69) is 5.32 Å². The number of likely N-dealkylation sites (N-methyl/N-ethyl adjacent to an activating group) is 2. The normalized spacial score (nSPS) is 10.3. The second-order valence-electron chi connectivity index (χ2n) is 6.22.